The molecule has 2 amide bonds. The standard InChI is InChI=1S/C25H25N3O4S/c29-23(26-13-19-7-4-10-31-19)14-28-21-12-18(8-9-22(21)32-15-25(28)30)20-16-33-24(27-20)11-17-5-2-1-3-6-17/h1-3,5-6,8-9,12,16,19H,4,7,10-11,13-15H2,(H,26,29). The maximum absolute atomic E-state index is 12.6. The molecule has 0 spiro atoms. The van der Waals surface area contributed by atoms with Crippen LogP contribution in [0, 0.1) is 0 Å². The van der Waals surface area contributed by atoms with Gasteiger partial charge in [-0.15, -0.1) is 11.3 Å². The third-order valence-corrected chi connectivity index (χ3v) is 6.65. The van der Waals surface area contributed by atoms with Gasteiger partial charge >= 0.3 is 0 Å². The van der Waals surface area contributed by atoms with Crippen LogP contribution in [-0.2, 0) is 20.7 Å². The monoisotopic (exact) mass is 463 g/mol. The summed E-state index contributed by atoms with van der Waals surface area (Å²) in [5.74, 6) is 0.135. The number of nitrogens with zero attached hydrogens (tertiary/aromatic N) is 2. The first-order valence-electron chi connectivity index (χ1n) is 11.1. The molecule has 1 saturated heterocycles. The van der Waals surface area contributed by atoms with Crippen molar-refractivity contribution in [2.75, 3.05) is 31.2 Å². The summed E-state index contributed by atoms with van der Waals surface area (Å²) in [6.07, 6.45) is 2.79. The van der Waals surface area contributed by atoms with Gasteiger partial charge in [0.25, 0.3) is 5.91 Å². The molecule has 3 heterocycles. The summed E-state index contributed by atoms with van der Waals surface area (Å²) in [5, 5.41) is 5.92. The number of carbonyl (C=O) groups excluding carboxylic acids is 2. The summed E-state index contributed by atoms with van der Waals surface area (Å²) >= 11 is 1.61. The second-order valence-electron chi connectivity index (χ2n) is 8.18. The Morgan fingerprint density at radius 1 is 1.21 bits per heavy atom. The fourth-order valence-corrected chi connectivity index (χ4v) is 4.90. The largest absolute Gasteiger partial charge is 0.482 e. The van der Waals surface area contributed by atoms with Crippen LogP contribution >= 0.6 is 11.3 Å². The number of thiazole rings is 1. The minimum atomic E-state index is -0.241. The van der Waals surface area contributed by atoms with Crippen molar-refractivity contribution in [3.8, 4) is 17.0 Å². The fraction of sp³-hybridized carbons (Fsp3) is 0.320. The predicted octanol–water partition coefficient (Wildman–Crippen LogP) is 3.42. The molecule has 1 atom stereocenters. The molecule has 0 bridgehead atoms. The molecule has 5 rings (SSSR count). The molecule has 0 saturated carbocycles. The molecule has 7 nitrogen and oxygen atoms in total. The van der Waals surface area contributed by atoms with Gasteiger partial charge in [-0.25, -0.2) is 4.98 Å². The van der Waals surface area contributed by atoms with Crippen molar-refractivity contribution in [2.45, 2.75) is 25.4 Å². The fourth-order valence-electron chi connectivity index (χ4n) is 4.06. The van der Waals surface area contributed by atoms with E-state index in [1.807, 2.05) is 41.8 Å². The summed E-state index contributed by atoms with van der Waals surface area (Å²) < 4.78 is 11.2. The molecule has 170 valence electrons. The number of benzene rings is 2. The van der Waals surface area contributed by atoms with Gasteiger partial charge in [-0.05, 0) is 36.6 Å². The minimum Gasteiger partial charge on any atom is -0.482 e. The highest BCUT2D eigenvalue weighted by atomic mass is 32.1. The van der Waals surface area contributed by atoms with Crippen LogP contribution in [0.3, 0.4) is 0 Å². The van der Waals surface area contributed by atoms with Gasteiger partial charge in [0.05, 0.1) is 22.5 Å². The van der Waals surface area contributed by atoms with E-state index in [0.717, 1.165) is 42.1 Å². The van der Waals surface area contributed by atoms with E-state index >= 15 is 0 Å². The van der Waals surface area contributed by atoms with Crippen LogP contribution in [0.25, 0.3) is 11.3 Å². The molecule has 2 aromatic carbocycles. The highest BCUT2D eigenvalue weighted by molar-refractivity contribution is 7.10. The molecule has 0 radical (unpaired) electrons. The van der Waals surface area contributed by atoms with Crippen molar-refractivity contribution in [1.29, 1.82) is 0 Å². The number of hydrogen-bond acceptors (Lipinski definition) is 6. The van der Waals surface area contributed by atoms with Gasteiger partial charge in [-0.2, -0.15) is 0 Å². The smallest absolute Gasteiger partial charge is 0.265 e. The van der Waals surface area contributed by atoms with Gasteiger partial charge in [0.15, 0.2) is 6.61 Å². The van der Waals surface area contributed by atoms with Crippen LogP contribution in [-0.4, -0.2) is 49.2 Å². The van der Waals surface area contributed by atoms with Crippen molar-refractivity contribution < 1.29 is 19.1 Å². The highest BCUT2D eigenvalue weighted by Crippen LogP contribution is 2.36. The van der Waals surface area contributed by atoms with Gasteiger partial charge in [-0.3, -0.25) is 14.5 Å². The number of hydrogen-bond donors (Lipinski definition) is 1. The molecule has 8 heteroatoms. The second kappa shape index (κ2) is 9.72. The van der Waals surface area contributed by atoms with Crippen LogP contribution < -0.4 is 15.0 Å². The minimum absolute atomic E-state index is 0.0539. The zero-order valence-electron chi connectivity index (χ0n) is 18.2. The molecule has 2 aliphatic rings. The molecule has 2 aliphatic heterocycles. The number of fused-ring (bicyclic) bond motifs is 1. The number of anilines is 1. The number of aromatic nitrogens is 1. The molecule has 1 aromatic heterocycles. The zero-order chi connectivity index (χ0) is 22.6. The summed E-state index contributed by atoms with van der Waals surface area (Å²) in [4.78, 5) is 31.4. The number of rotatable bonds is 7. The quantitative estimate of drug-likeness (QED) is 0.581. The number of ether oxygens (including phenoxy) is 2. The lowest BCUT2D eigenvalue weighted by atomic mass is 10.1. The molecule has 0 aliphatic carbocycles. The van der Waals surface area contributed by atoms with E-state index < -0.39 is 0 Å². The van der Waals surface area contributed by atoms with E-state index in [0.29, 0.717) is 18.0 Å². The number of amides is 2. The van der Waals surface area contributed by atoms with Crippen molar-refractivity contribution in [1.82, 2.24) is 10.3 Å². The molecular weight excluding hydrogens is 438 g/mol. The third kappa shape index (κ3) is 5.07. The summed E-state index contributed by atoms with van der Waals surface area (Å²) in [6, 6.07) is 15.9. The number of carbonyl (C=O) groups is 2. The summed E-state index contributed by atoms with van der Waals surface area (Å²) in [7, 11) is 0. The van der Waals surface area contributed by atoms with Gasteiger partial charge in [0.2, 0.25) is 5.91 Å². The Morgan fingerprint density at radius 3 is 2.91 bits per heavy atom. The summed E-state index contributed by atoms with van der Waals surface area (Å²) in [5.41, 5.74) is 3.53. The van der Waals surface area contributed by atoms with Crippen molar-refractivity contribution in [2.24, 2.45) is 0 Å². The average molecular weight is 464 g/mol. The Balaban J connectivity index is 1.31. The van der Waals surface area contributed by atoms with Crippen molar-refractivity contribution in [3.05, 3.63) is 64.5 Å². The molecule has 33 heavy (non-hydrogen) atoms. The van der Waals surface area contributed by atoms with Crippen LogP contribution in [0.4, 0.5) is 5.69 Å². The van der Waals surface area contributed by atoms with Crippen molar-refractivity contribution in [3.63, 3.8) is 0 Å². The van der Waals surface area contributed by atoms with E-state index in [1.165, 1.54) is 10.5 Å². The van der Waals surface area contributed by atoms with Crippen LogP contribution in [0.2, 0.25) is 0 Å². The van der Waals surface area contributed by atoms with E-state index in [-0.39, 0.29) is 31.1 Å². The number of nitrogens with one attached hydrogen (secondary N) is 1. The first kappa shape index (κ1) is 21.6. The normalized spacial score (nSPS) is 17.5. The lowest BCUT2D eigenvalue weighted by Gasteiger charge is -2.29. The van der Waals surface area contributed by atoms with E-state index in [9.17, 15) is 9.59 Å². The van der Waals surface area contributed by atoms with Gasteiger partial charge in [0, 0.05) is 30.5 Å². The van der Waals surface area contributed by atoms with Crippen LogP contribution in [0.15, 0.2) is 53.9 Å². The third-order valence-electron chi connectivity index (χ3n) is 5.80. The van der Waals surface area contributed by atoms with E-state index in [2.05, 4.69) is 17.4 Å². The molecule has 1 N–H and O–H groups in total. The predicted molar refractivity (Wildman–Crippen MR) is 127 cm³/mol. The Bertz CT molecular complexity index is 1140. The van der Waals surface area contributed by atoms with Crippen LogP contribution in [0.1, 0.15) is 23.4 Å². The van der Waals surface area contributed by atoms with Gasteiger partial charge in [0.1, 0.15) is 12.3 Å². The van der Waals surface area contributed by atoms with Crippen LogP contribution in [0.5, 0.6) is 5.75 Å². The Labute approximate surface area is 196 Å². The maximum atomic E-state index is 12.6. The molecule has 1 unspecified atom stereocenters. The Hall–Kier alpha value is -3.23. The average Bonchev–Trinajstić information content (AvgIpc) is 3.52. The molecule has 1 fully saturated rings. The molecule has 3 aromatic rings. The first-order valence-corrected chi connectivity index (χ1v) is 12.0. The zero-order valence-corrected chi connectivity index (χ0v) is 19.0. The highest BCUT2D eigenvalue weighted by Gasteiger charge is 2.28. The second-order valence-corrected chi connectivity index (χ2v) is 9.12. The molecular formula is C25H25N3O4S. The van der Waals surface area contributed by atoms with E-state index in [1.54, 1.807) is 11.3 Å². The summed E-state index contributed by atoms with van der Waals surface area (Å²) in [6.45, 7) is 1.07. The van der Waals surface area contributed by atoms with Gasteiger partial charge < -0.3 is 14.8 Å². The van der Waals surface area contributed by atoms with Gasteiger partial charge in [-0.1, -0.05) is 30.3 Å². The topological polar surface area (TPSA) is 80.8 Å². The lowest BCUT2D eigenvalue weighted by Crippen LogP contribution is -2.46. The first-order chi connectivity index (χ1) is 16.2. The maximum Gasteiger partial charge on any atom is 0.265 e. The van der Waals surface area contributed by atoms with Crippen molar-refractivity contribution >= 4 is 28.8 Å². The SMILES string of the molecule is O=C(CN1C(=O)COc2ccc(-c3csc(Cc4ccccc4)n3)cc21)NCC1CCCO1. The Morgan fingerprint density at radius 2 is 2.09 bits per heavy atom. The van der Waals surface area contributed by atoms with E-state index in [4.69, 9.17) is 14.5 Å². The Kier molecular flexibility index (Phi) is 6.37. The lowest BCUT2D eigenvalue weighted by molar-refractivity contribution is -0.125.